The maximum Gasteiger partial charge on any atom is 0.240 e. The monoisotopic (exact) mass is 400 g/mol. The summed E-state index contributed by atoms with van der Waals surface area (Å²) < 4.78 is 27.5. The predicted octanol–water partition coefficient (Wildman–Crippen LogP) is 4.63. The van der Waals surface area contributed by atoms with E-state index in [4.69, 9.17) is 11.6 Å². The fourth-order valence-corrected chi connectivity index (χ4v) is 5.31. The van der Waals surface area contributed by atoms with Gasteiger partial charge < -0.3 is 5.32 Å². The van der Waals surface area contributed by atoms with E-state index in [1.54, 1.807) is 12.1 Å². The van der Waals surface area contributed by atoms with E-state index in [1.165, 1.54) is 6.08 Å². The Morgan fingerprint density at radius 1 is 1.22 bits per heavy atom. The van der Waals surface area contributed by atoms with Crippen LogP contribution in [0.25, 0.3) is 0 Å². The molecule has 140 valence electrons. The molecule has 2 aromatic rings. The lowest BCUT2D eigenvalue weighted by molar-refractivity contribution is 0.425. The summed E-state index contributed by atoms with van der Waals surface area (Å²) in [5.74, 6) is 0.466. The number of allylic oxidation sites excluding steroid dienone is 2. The lowest BCUT2D eigenvalue weighted by atomic mass is 9.77. The first kappa shape index (κ1) is 18.3. The molecule has 0 saturated carbocycles. The zero-order chi connectivity index (χ0) is 19.0. The standard InChI is InChI=1S/C21H21ClN2O2S/c1-2-12-23-27(25,26)14-10-11-20-18(13-14)15-7-5-8-16(15)21(24-20)17-6-3-4-9-19(17)22/h2-7,9-11,13,15-16,21,23-24H,1,8,12H2. The van der Waals surface area contributed by atoms with Crippen molar-refractivity contribution in [3.05, 3.63) is 83.4 Å². The quantitative estimate of drug-likeness (QED) is 0.719. The van der Waals surface area contributed by atoms with Crippen molar-refractivity contribution < 1.29 is 8.42 Å². The van der Waals surface area contributed by atoms with Crippen molar-refractivity contribution >= 4 is 27.3 Å². The molecule has 2 aromatic carbocycles. The third kappa shape index (κ3) is 3.31. The van der Waals surface area contributed by atoms with Crippen LogP contribution < -0.4 is 10.0 Å². The number of anilines is 1. The van der Waals surface area contributed by atoms with Crippen LogP contribution in [0.3, 0.4) is 0 Å². The van der Waals surface area contributed by atoms with Crippen molar-refractivity contribution in [3.63, 3.8) is 0 Å². The first-order valence-electron chi connectivity index (χ1n) is 8.93. The van der Waals surface area contributed by atoms with Crippen molar-refractivity contribution in [2.75, 3.05) is 11.9 Å². The fourth-order valence-electron chi connectivity index (χ4n) is 4.03. The average molecular weight is 401 g/mol. The summed E-state index contributed by atoms with van der Waals surface area (Å²) in [6.45, 7) is 3.77. The van der Waals surface area contributed by atoms with Gasteiger partial charge in [0.2, 0.25) is 10.0 Å². The van der Waals surface area contributed by atoms with Gasteiger partial charge in [-0.2, -0.15) is 0 Å². The topological polar surface area (TPSA) is 58.2 Å². The second-order valence-corrected chi connectivity index (χ2v) is 9.06. The van der Waals surface area contributed by atoms with Crippen molar-refractivity contribution in [1.29, 1.82) is 0 Å². The number of nitrogens with one attached hydrogen (secondary N) is 2. The Kier molecular flexibility index (Phi) is 4.84. The molecule has 0 spiro atoms. The van der Waals surface area contributed by atoms with E-state index >= 15 is 0 Å². The summed E-state index contributed by atoms with van der Waals surface area (Å²) in [6.07, 6.45) is 6.81. The van der Waals surface area contributed by atoms with Crippen molar-refractivity contribution in [3.8, 4) is 0 Å². The lowest BCUT2D eigenvalue weighted by Gasteiger charge is -2.38. The molecule has 0 fully saturated rings. The van der Waals surface area contributed by atoms with Crippen molar-refractivity contribution in [1.82, 2.24) is 4.72 Å². The maximum atomic E-state index is 12.5. The molecule has 6 heteroatoms. The Balaban J connectivity index is 1.74. The Morgan fingerprint density at radius 3 is 2.81 bits per heavy atom. The van der Waals surface area contributed by atoms with Crippen LogP contribution >= 0.6 is 11.6 Å². The summed E-state index contributed by atoms with van der Waals surface area (Å²) in [5, 5.41) is 4.34. The average Bonchev–Trinajstić information content (AvgIpc) is 3.16. The highest BCUT2D eigenvalue weighted by Gasteiger charge is 2.39. The van der Waals surface area contributed by atoms with E-state index in [1.807, 2.05) is 24.3 Å². The normalized spacial score (nSPS) is 23.4. The number of hydrogen-bond donors (Lipinski definition) is 2. The van der Waals surface area contributed by atoms with Gasteiger partial charge in [0, 0.05) is 23.2 Å². The number of sulfonamides is 1. The highest BCUT2D eigenvalue weighted by atomic mass is 35.5. The van der Waals surface area contributed by atoms with Gasteiger partial charge in [-0.15, -0.1) is 6.58 Å². The van der Waals surface area contributed by atoms with E-state index in [9.17, 15) is 8.42 Å². The molecule has 3 unspecified atom stereocenters. The molecular formula is C21H21ClN2O2S. The van der Waals surface area contributed by atoms with Crippen molar-refractivity contribution in [2.24, 2.45) is 5.92 Å². The molecule has 0 aromatic heterocycles. The molecule has 0 bridgehead atoms. The lowest BCUT2D eigenvalue weighted by Crippen LogP contribution is -2.30. The number of hydrogen-bond acceptors (Lipinski definition) is 3. The van der Waals surface area contributed by atoms with Crippen LogP contribution in [0.1, 0.15) is 29.5 Å². The number of halogens is 1. The van der Waals surface area contributed by atoms with Gasteiger partial charge in [-0.3, -0.25) is 0 Å². The van der Waals surface area contributed by atoms with Crippen LogP contribution in [0, 0.1) is 5.92 Å². The maximum absolute atomic E-state index is 12.5. The Bertz CT molecular complexity index is 1020. The first-order chi connectivity index (χ1) is 13.0. The smallest absolute Gasteiger partial charge is 0.240 e. The molecule has 4 nitrogen and oxygen atoms in total. The molecule has 0 amide bonds. The zero-order valence-electron chi connectivity index (χ0n) is 14.7. The molecule has 3 atom stereocenters. The van der Waals surface area contributed by atoms with Gasteiger partial charge in [0.15, 0.2) is 0 Å². The van der Waals surface area contributed by atoms with Gasteiger partial charge >= 0.3 is 0 Å². The minimum absolute atomic E-state index is 0.0903. The van der Waals surface area contributed by atoms with E-state index in [2.05, 4.69) is 34.8 Å². The highest BCUT2D eigenvalue weighted by molar-refractivity contribution is 7.89. The summed E-state index contributed by atoms with van der Waals surface area (Å²) >= 11 is 6.45. The number of fused-ring (bicyclic) bond motifs is 3. The van der Waals surface area contributed by atoms with Crippen LogP contribution in [-0.4, -0.2) is 15.0 Å². The summed E-state index contributed by atoms with van der Waals surface area (Å²) in [5.41, 5.74) is 3.04. The molecule has 0 radical (unpaired) electrons. The molecule has 1 heterocycles. The Morgan fingerprint density at radius 2 is 2.04 bits per heavy atom. The summed E-state index contributed by atoms with van der Waals surface area (Å²) in [4.78, 5) is 0.278. The van der Waals surface area contributed by atoms with Crippen LogP contribution in [0.4, 0.5) is 5.69 Å². The zero-order valence-corrected chi connectivity index (χ0v) is 16.3. The highest BCUT2D eigenvalue weighted by Crippen LogP contribution is 2.51. The van der Waals surface area contributed by atoms with Crippen LogP contribution in [0.2, 0.25) is 5.02 Å². The van der Waals surface area contributed by atoms with Gasteiger partial charge in [0.1, 0.15) is 0 Å². The number of rotatable bonds is 5. The van der Waals surface area contributed by atoms with E-state index < -0.39 is 10.0 Å². The third-order valence-corrected chi connectivity index (χ3v) is 7.07. The second kappa shape index (κ2) is 7.15. The molecule has 0 saturated heterocycles. The van der Waals surface area contributed by atoms with E-state index in [-0.39, 0.29) is 23.4 Å². The summed E-state index contributed by atoms with van der Waals surface area (Å²) in [6, 6.07) is 13.3. The SMILES string of the molecule is C=CCNS(=O)(=O)c1ccc2c(c1)C1C=CCC1C(c1ccccc1Cl)N2. The fraction of sp³-hybridized carbons (Fsp3) is 0.238. The largest absolute Gasteiger partial charge is 0.378 e. The molecule has 27 heavy (non-hydrogen) atoms. The van der Waals surface area contributed by atoms with E-state index in [0.717, 1.165) is 28.3 Å². The predicted molar refractivity (Wildman–Crippen MR) is 110 cm³/mol. The Labute approximate surface area is 165 Å². The molecule has 4 rings (SSSR count). The van der Waals surface area contributed by atoms with Gasteiger partial charge in [-0.25, -0.2) is 13.1 Å². The van der Waals surface area contributed by atoms with Gasteiger partial charge in [0.25, 0.3) is 0 Å². The van der Waals surface area contributed by atoms with Gasteiger partial charge in [0.05, 0.1) is 10.9 Å². The van der Waals surface area contributed by atoms with E-state index in [0.29, 0.717) is 5.92 Å². The van der Waals surface area contributed by atoms with Gasteiger partial charge in [-0.1, -0.05) is 48.0 Å². The minimum atomic E-state index is -3.55. The van der Waals surface area contributed by atoms with Crippen molar-refractivity contribution in [2.45, 2.75) is 23.3 Å². The molecule has 1 aliphatic heterocycles. The third-order valence-electron chi connectivity index (χ3n) is 5.30. The van der Waals surface area contributed by atoms with Crippen LogP contribution in [0.5, 0.6) is 0 Å². The second-order valence-electron chi connectivity index (χ2n) is 6.89. The molecule has 1 aliphatic carbocycles. The number of benzene rings is 2. The summed E-state index contributed by atoms with van der Waals surface area (Å²) in [7, 11) is -3.55. The van der Waals surface area contributed by atoms with Crippen LogP contribution in [-0.2, 0) is 10.0 Å². The molecule has 2 N–H and O–H groups in total. The minimum Gasteiger partial charge on any atom is -0.378 e. The molecular weight excluding hydrogens is 380 g/mol. The van der Waals surface area contributed by atoms with Gasteiger partial charge in [-0.05, 0) is 47.7 Å². The Hall–Kier alpha value is -2.08. The molecule has 2 aliphatic rings. The first-order valence-corrected chi connectivity index (χ1v) is 10.8. The van der Waals surface area contributed by atoms with Crippen LogP contribution in [0.15, 0.2) is 72.2 Å².